The lowest BCUT2D eigenvalue weighted by Gasteiger charge is -2.35. The summed E-state index contributed by atoms with van der Waals surface area (Å²) < 4.78 is 5.33. The zero-order valence-electron chi connectivity index (χ0n) is 18.2. The van der Waals surface area contributed by atoms with E-state index in [1.807, 2.05) is 53.4 Å². The van der Waals surface area contributed by atoms with Crippen LogP contribution in [0.3, 0.4) is 0 Å². The van der Waals surface area contributed by atoms with Gasteiger partial charge in [0.05, 0.1) is 31.1 Å². The number of anilines is 1. The van der Waals surface area contributed by atoms with Crippen molar-refractivity contribution < 1.29 is 19.4 Å². The first-order valence-corrected chi connectivity index (χ1v) is 11.2. The molecule has 0 radical (unpaired) electrons. The Hall–Kier alpha value is -2.10. The third-order valence-electron chi connectivity index (χ3n) is 4.98. The number of hydrogen-bond donors (Lipinski definition) is 2. The summed E-state index contributed by atoms with van der Waals surface area (Å²) in [6.45, 7) is 6.20. The number of carbonyl (C=O) groups excluding carboxylic acids is 2. The van der Waals surface area contributed by atoms with Crippen molar-refractivity contribution in [1.29, 1.82) is 0 Å². The Bertz CT molecular complexity index is 891. The van der Waals surface area contributed by atoms with Crippen molar-refractivity contribution >= 4 is 41.7 Å². The maximum atomic E-state index is 13.3. The SMILES string of the molecule is CC(=O)Nc1ccccc1Sc1ccccc1C(=O)N1CCN(CCOCCO)CC1.Cl. The van der Waals surface area contributed by atoms with Crippen molar-refractivity contribution in [3.63, 3.8) is 0 Å². The van der Waals surface area contributed by atoms with Gasteiger partial charge in [0.15, 0.2) is 0 Å². The molecule has 0 atom stereocenters. The first-order valence-electron chi connectivity index (χ1n) is 10.4. The Morgan fingerprint density at radius 3 is 2.34 bits per heavy atom. The van der Waals surface area contributed by atoms with Crippen LogP contribution in [0.4, 0.5) is 5.69 Å². The minimum absolute atomic E-state index is 0. The smallest absolute Gasteiger partial charge is 0.255 e. The Morgan fingerprint density at radius 1 is 1.00 bits per heavy atom. The van der Waals surface area contributed by atoms with Crippen LogP contribution >= 0.6 is 24.2 Å². The number of rotatable bonds is 9. The number of aliphatic hydroxyl groups excluding tert-OH is 1. The highest BCUT2D eigenvalue weighted by atomic mass is 35.5. The van der Waals surface area contributed by atoms with E-state index in [0.717, 1.165) is 35.1 Å². The molecule has 2 N–H and O–H groups in total. The van der Waals surface area contributed by atoms with E-state index in [1.165, 1.54) is 18.7 Å². The highest BCUT2D eigenvalue weighted by Crippen LogP contribution is 2.35. The van der Waals surface area contributed by atoms with Crippen molar-refractivity contribution in [3.8, 4) is 0 Å². The summed E-state index contributed by atoms with van der Waals surface area (Å²) >= 11 is 1.48. The number of aliphatic hydroxyl groups is 1. The van der Waals surface area contributed by atoms with Gasteiger partial charge in [-0.2, -0.15) is 0 Å². The van der Waals surface area contributed by atoms with Gasteiger partial charge in [-0.15, -0.1) is 12.4 Å². The fourth-order valence-electron chi connectivity index (χ4n) is 3.40. The van der Waals surface area contributed by atoms with Crippen molar-refractivity contribution in [2.24, 2.45) is 0 Å². The molecule has 0 unspecified atom stereocenters. The highest BCUT2D eigenvalue weighted by Gasteiger charge is 2.24. The van der Waals surface area contributed by atoms with Crippen LogP contribution in [0.2, 0.25) is 0 Å². The maximum Gasteiger partial charge on any atom is 0.255 e. The number of benzene rings is 2. The summed E-state index contributed by atoms with van der Waals surface area (Å²) in [6.07, 6.45) is 0. The number of piperazine rings is 1. The van der Waals surface area contributed by atoms with E-state index in [0.29, 0.717) is 31.9 Å². The molecule has 1 aliphatic heterocycles. The molecule has 0 aromatic heterocycles. The molecule has 1 heterocycles. The van der Waals surface area contributed by atoms with Gasteiger partial charge in [0, 0.05) is 49.4 Å². The number of halogens is 1. The van der Waals surface area contributed by atoms with Gasteiger partial charge >= 0.3 is 0 Å². The van der Waals surface area contributed by atoms with Gasteiger partial charge in [-0.05, 0) is 24.3 Å². The number of hydrogen-bond acceptors (Lipinski definition) is 6. The first-order chi connectivity index (χ1) is 15.1. The summed E-state index contributed by atoms with van der Waals surface area (Å²) in [5.41, 5.74) is 1.41. The van der Waals surface area contributed by atoms with E-state index in [4.69, 9.17) is 9.84 Å². The second kappa shape index (κ2) is 13.4. The van der Waals surface area contributed by atoms with Gasteiger partial charge in [0.25, 0.3) is 5.91 Å². The van der Waals surface area contributed by atoms with E-state index in [1.54, 1.807) is 0 Å². The molecule has 2 aromatic carbocycles. The average Bonchev–Trinajstić information content (AvgIpc) is 2.78. The lowest BCUT2D eigenvalue weighted by Crippen LogP contribution is -2.49. The molecular weight excluding hydrogens is 450 g/mol. The first kappa shape index (κ1) is 26.2. The molecule has 2 aromatic rings. The maximum absolute atomic E-state index is 13.3. The molecule has 7 nitrogen and oxygen atoms in total. The van der Waals surface area contributed by atoms with Gasteiger partial charge in [0.2, 0.25) is 5.91 Å². The fraction of sp³-hybridized carbons (Fsp3) is 0.391. The van der Waals surface area contributed by atoms with Crippen LogP contribution in [0.1, 0.15) is 17.3 Å². The lowest BCUT2D eigenvalue weighted by molar-refractivity contribution is -0.114. The lowest BCUT2D eigenvalue weighted by atomic mass is 10.2. The van der Waals surface area contributed by atoms with Crippen molar-refractivity contribution in [1.82, 2.24) is 9.80 Å². The van der Waals surface area contributed by atoms with Crippen LogP contribution in [0, 0.1) is 0 Å². The van der Waals surface area contributed by atoms with E-state index in [9.17, 15) is 9.59 Å². The van der Waals surface area contributed by atoms with Crippen LogP contribution in [-0.2, 0) is 9.53 Å². The number of nitrogens with zero attached hydrogens (tertiary/aromatic N) is 2. The molecule has 0 aliphatic carbocycles. The topological polar surface area (TPSA) is 82.1 Å². The van der Waals surface area contributed by atoms with Crippen molar-refractivity contribution in [2.45, 2.75) is 16.7 Å². The Labute approximate surface area is 199 Å². The van der Waals surface area contributed by atoms with Crippen molar-refractivity contribution in [3.05, 3.63) is 54.1 Å². The van der Waals surface area contributed by atoms with E-state index < -0.39 is 0 Å². The van der Waals surface area contributed by atoms with Crippen LogP contribution in [-0.4, -0.2) is 79.3 Å². The van der Waals surface area contributed by atoms with Crippen LogP contribution < -0.4 is 5.32 Å². The molecule has 1 saturated heterocycles. The molecule has 1 aliphatic rings. The molecule has 174 valence electrons. The average molecular weight is 480 g/mol. The number of para-hydroxylation sites is 1. The van der Waals surface area contributed by atoms with Gasteiger partial charge in [-0.1, -0.05) is 36.0 Å². The number of carbonyl (C=O) groups is 2. The third-order valence-corrected chi connectivity index (χ3v) is 6.13. The van der Waals surface area contributed by atoms with Crippen LogP contribution in [0.25, 0.3) is 0 Å². The molecule has 0 spiro atoms. The van der Waals surface area contributed by atoms with Gasteiger partial charge in [-0.3, -0.25) is 14.5 Å². The van der Waals surface area contributed by atoms with Crippen LogP contribution in [0.5, 0.6) is 0 Å². The largest absolute Gasteiger partial charge is 0.394 e. The summed E-state index contributed by atoms with van der Waals surface area (Å²) in [6, 6.07) is 15.2. The number of ether oxygens (including phenoxy) is 1. The number of nitrogens with one attached hydrogen (secondary N) is 1. The minimum atomic E-state index is -0.128. The fourth-order valence-corrected chi connectivity index (χ4v) is 4.43. The highest BCUT2D eigenvalue weighted by molar-refractivity contribution is 7.99. The van der Waals surface area contributed by atoms with Gasteiger partial charge < -0.3 is 20.1 Å². The molecule has 32 heavy (non-hydrogen) atoms. The van der Waals surface area contributed by atoms with Gasteiger partial charge in [-0.25, -0.2) is 0 Å². The Kier molecular flexibility index (Phi) is 11.0. The molecule has 1 fully saturated rings. The molecule has 9 heteroatoms. The van der Waals surface area contributed by atoms with E-state index in [-0.39, 0.29) is 30.8 Å². The molecule has 3 rings (SSSR count). The van der Waals surface area contributed by atoms with E-state index in [2.05, 4.69) is 10.2 Å². The third kappa shape index (κ3) is 7.50. The summed E-state index contributed by atoms with van der Waals surface area (Å²) in [5.74, 6) is -0.103. The second-order valence-electron chi connectivity index (χ2n) is 7.25. The number of amides is 2. The standard InChI is InChI=1S/C23H29N3O4S.ClH/c1-18(28)24-20-7-3-5-9-22(20)31-21-8-4-2-6-19(21)23(29)26-12-10-25(11-13-26)14-16-30-17-15-27;/h2-9,27H,10-17H2,1H3,(H,24,28);1H. The summed E-state index contributed by atoms with van der Waals surface area (Å²) in [7, 11) is 0. The summed E-state index contributed by atoms with van der Waals surface area (Å²) in [5, 5.41) is 11.6. The Balaban J connectivity index is 0.00000363. The van der Waals surface area contributed by atoms with Crippen LogP contribution in [0.15, 0.2) is 58.3 Å². The van der Waals surface area contributed by atoms with E-state index >= 15 is 0 Å². The zero-order valence-corrected chi connectivity index (χ0v) is 19.8. The second-order valence-corrected chi connectivity index (χ2v) is 8.33. The predicted molar refractivity (Wildman–Crippen MR) is 129 cm³/mol. The molecule has 0 saturated carbocycles. The quantitative estimate of drug-likeness (QED) is 0.538. The molecular formula is C23H30ClN3O4S. The predicted octanol–water partition coefficient (Wildman–Crippen LogP) is 2.98. The molecule has 2 amide bonds. The summed E-state index contributed by atoms with van der Waals surface area (Å²) in [4.78, 5) is 30.7. The normalized spacial score (nSPS) is 14.0. The minimum Gasteiger partial charge on any atom is -0.394 e. The van der Waals surface area contributed by atoms with Gasteiger partial charge in [0.1, 0.15) is 0 Å². The van der Waals surface area contributed by atoms with Crippen molar-refractivity contribution in [2.75, 3.05) is 57.9 Å². The Morgan fingerprint density at radius 2 is 1.66 bits per heavy atom. The monoisotopic (exact) mass is 479 g/mol. The zero-order chi connectivity index (χ0) is 22.1. The molecule has 0 bridgehead atoms.